The summed E-state index contributed by atoms with van der Waals surface area (Å²) in [6, 6.07) is 17.0. The molecule has 0 bridgehead atoms. The second-order valence-corrected chi connectivity index (χ2v) is 7.91. The van der Waals surface area contributed by atoms with Crippen LogP contribution in [0.25, 0.3) is 22.3 Å². The number of amides is 1. The van der Waals surface area contributed by atoms with Gasteiger partial charge >= 0.3 is 0 Å². The van der Waals surface area contributed by atoms with Gasteiger partial charge in [-0.25, -0.2) is 18.7 Å². The van der Waals surface area contributed by atoms with Crippen molar-refractivity contribution >= 4 is 22.6 Å². The number of fused-ring (bicyclic) bond motifs is 1. The topological polar surface area (TPSA) is 69.6 Å². The van der Waals surface area contributed by atoms with Gasteiger partial charge in [-0.2, -0.15) is 0 Å². The molecule has 0 unspecified atom stereocenters. The van der Waals surface area contributed by atoms with Gasteiger partial charge in [-0.15, -0.1) is 0 Å². The van der Waals surface area contributed by atoms with Gasteiger partial charge in [-0.1, -0.05) is 24.3 Å². The Labute approximate surface area is 188 Å². The molecule has 1 fully saturated rings. The molecular weight excluding hydrogens is 426 g/mol. The molecule has 6 nitrogen and oxygen atoms in total. The van der Waals surface area contributed by atoms with Gasteiger partial charge in [-0.3, -0.25) is 4.79 Å². The minimum Gasteiger partial charge on any atom is -0.507 e. The van der Waals surface area contributed by atoms with E-state index in [4.69, 9.17) is 0 Å². The van der Waals surface area contributed by atoms with Crippen molar-refractivity contribution in [2.24, 2.45) is 0 Å². The zero-order valence-electron chi connectivity index (χ0n) is 17.6. The van der Waals surface area contributed by atoms with Crippen LogP contribution in [0, 0.1) is 11.6 Å². The molecule has 2 heterocycles. The molecule has 33 heavy (non-hydrogen) atoms. The Balaban J connectivity index is 1.48. The first-order valence-corrected chi connectivity index (χ1v) is 10.5. The average molecular weight is 446 g/mol. The maximum atomic E-state index is 14.1. The van der Waals surface area contributed by atoms with Crippen molar-refractivity contribution < 1.29 is 18.7 Å². The summed E-state index contributed by atoms with van der Waals surface area (Å²) < 4.78 is 27.2. The number of benzene rings is 3. The summed E-state index contributed by atoms with van der Waals surface area (Å²) in [4.78, 5) is 25.6. The van der Waals surface area contributed by atoms with Gasteiger partial charge in [0.25, 0.3) is 0 Å². The number of carbonyl (C=O) groups excluding carboxylic acids is 1. The van der Waals surface area contributed by atoms with Crippen LogP contribution in [-0.2, 0) is 11.3 Å². The molecule has 0 radical (unpaired) electrons. The molecule has 0 spiro atoms. The van der Waals surface area contributed by atoms with E-state index in [1.165, 1.54) is 24.3 Å². The molecule has 0 saturated carbocycles. The van der Waals surface area contributed by atoms with E-state index in [9.17, 15) is 18.7 Å². The van der Waals surface area contributed by atoms with Crippen molar-refractivity contribution in [1.82, 2.24) is 14.9 Å². The molecule has 0 aliphatic carbocycles. The van der Waals surface area contributed by atoms with Crippen LogP contribution in [0.4, 0.5) is 14.6 Å². The van der Waals surface area contributed by atoms with E-state index in [2.05, 4.69) is 9.97 Å². The molecule has 8 heteroatoms. The molecule has 4 aromatic rings. The Morgan fingerprint density at radius 1 is 0.909 bits per heavy atom. The van der Waals surface area contributed by atoms with Gasteiger partial charge in [0, 0.05) is 25.0 Å². The number of halogens is 2. The Morgan fingerprint density at radius 3 is 2.42 bits per heavy atom. The number of nitrogens with zero attached hydrogens (tertiary/aromatic N) is 4. The van der Waals surface area contributed by atoms with Gasteiger partial charge in [0.1, 0.15) is 23.2 Å². The van der Waals surface area contributed by atoms with Crippen molar-refractivity contribution in [1.29, 1.82) is 0 Å². The number of para-hydroxylation sites is 1. The molecule has 5 rings (SSSR count). The standard InChI is InChI=1S/C25H20F2N4O2/c26-17-7-5-16(6-8-17)14-30-11-12-31(15-23(30)33)25-20-13-18(27)9-10-21(20)28-24(29-25)19-3-1-2-4-22(19)32/h1-10,13,32H,11-12,14-15H2. The first-order valence-electron chi connectivity index (χ1n) is 10.5. The average Bonchev–Trinajstić information content (AvgIpc) is 2.81. The second kappa shape index (κ2) is 8.46. The van der Waals surface area contributed by atoms with Gasteiger partial charge < -0.3 is 14.9 Å². The number of rotatable bonds is 4. The van der Waals surface area contributed by atoms with Gasteiger partial charge in [-0.05, 0) is 48.0 Å². The smallest absolute Gasteiger partial charge is 0.242 e. The summed E-state index contributed by atoms with van der Waals surface area (Å²) in [5.74, 6) is -0.0964. The minimum atomic E-state index is -0.427. The number of phenolic OH excluding ortho intramolecular Hbond substituents is 1. The van der Waals surface area contributed by atoms with E-state index >= 15 is 0 Å². The quantitative estimate of drug-likeness (QED) is 0.511. The molecule has 1 aliphatic heterocycles. The summed E-state index contributed by atoms with van der Waals surface area (Å²) in [6.07, 6.45) is 0. The normalized spacial score (nSPS) is 14.2. The predicted molar refractivity (Wildman–Crippen MR) is 121 cm³/mol. The number of phenols is 1. The Hall–Kier alpha value is -4.07. The molecule has 166 valence electrons. The molecule has 1 N–H and O–H groups in total. The lowest BCUT2D eigenvalue weighted by molar-refractivity contribution is -0.131. The summed E-state index contributed by atoms with van der Waals surface area (Å²) in [5, 5.41) is 10.8. The lowest BCUT2D eigenvalue weighted by Gasteiger charge is -2.35. The van der Waals surface area contributed by atoms with Gasteiger partial charge in [0.15, 0.2) is 5.82 Å². The Kier molecular flexibility index (Phi) is 5.34. The molecular formula is C25H20F2N4O2. The predicted octanol–water partition coefficient (Wildman–Crippen LogP) is 4.13. The van der Waals surface area contributed by atoms with Crippen LogP contribution in [0.3, 0.4) is 0 Å². The molecule has 0 atom stereocenters. The highest BCUT2D eigenvalue weighted by atomic mass is 19.1. The number of anilines is 1. The largest absolute Gasteiger partial charge is 0.507 e. The zero-order chi connectivity index (χ0) is 22.9. The fourth-order valence-corrected chi connectivity index (χ4v) is 3.98. The fraction of sp³-hybridized carbons (Fsp3) is 0.160. The highest BCUT2D eigenvalue weighted by Gasteiger charge is 2.27. The van der Waals surface area contributed by atoms with E-state index in [1.54, 1.807) is 52.3 Å². The minimum absolute atomic E-state index is 0.0325. The number of piperazine rings is 1. The van der Waals surface area contributed by atoms with E-state index in [-0.39, 0.29) is 24.0 Å². The van der Waals surface area contributed by atoms with E-state index in [0.717, 1.165) is 5.56 Å². The van der Waals surface area contributed by atoms with E-state index in [0.29, 0.717) is 47.7 Å². The first-order chi connectivity index (χ1) is 16.0. The highest BCUT2D eigenvalue weighted by Crippen LogP contribution is 2.32. The van der Waals surface area contributed by atoms with E-state index in [1.807, 2.05) is 0 Å². The lowest BCUT2D eigenvalue weighted by Crippen LogP contribution is -2.50. The molecule has 1 saturated heterocycles. The maximum absolute atomic E-state index is 14.1. The summed E-state index contributed by atoms with van der Waals surface area (Å²) in [6.45, 7) is 1.36. The van der Waals surface area contributed by atoms with Crippen LogP contribution < -0.4 is 4.90 Å². The van der Waals surface area contributed by atoms with Crippen LogP contribution in [-0.4, -0.2) is 45.5 Å². The van der Waals surface area contributed by atoms with Crippen molar-refractivity contribution in [2.45, 2.75) is 6.54 Å². The molecule has 1 amide bonds. The van der Waals surface area contributed by atoms with Gasteiger partial charge in [0.2, 0.25) is 5.91 Å². The number of aromatic hydroxyl groups is 1. The monoisotopic (exact) mass is 446 g/mol. The Bertz CT molecular complexity index is 1340. The van der Waals surface area contributed by atoms with Crippen molar-refractivity contribution in [2.75, 3.05) is 24.5 Å². The van der Waals surface area contributed by atoms with Crippen LogP contribution >= 0.6 is 0 Å². The molecule has 1 aliphatic rings. The second-order valence-electron chi connectivity index (χ2n) is 7.91. The van der Waals surface area contributed by atoms with Crippen LogP contribution in [0.5, 0.6) is 5.75 Å². The van der Waals surface area contributed by atoms with Crippen LogP contribution in [0.2, 0.25) is 0 Å². The third-order valence-corrected chi connectivity index (χ3v) is 5.69. The Morgan fingerprint density at radius 2 is 1.67 bits per heavy atom. The first kappa shape index (κ1) is 20.8. The van der Waals surface area contributed by atoms with Crippen LogP contribution in [0.1, 0.15) is 5.56 Å². The third-order valence-electron chi connectivity index (χ3n) is 5.69. The van der Waals surface area contributed by atoms with E-state index < -0.39 is 5.82 Å². The third kappa shape index (κ3) is 4.19. The summed E-state index contributed by atoms with van der Waals surface area (Å²) >= 11 is 0. The summed E-state index contributed by atoms with van der Waals surface area (Å²) in [5.41, 5.74) is 1.81. The summed E-state index contributed by atoms with van der Waals surface area (Å²) in [7, 11) is 0. The molecule has 1 aromatic heterocycles. The van der Waals surface area contributed by atoms with Crippen LogP contribution in [0.15, 0.2) is 66.7 Å². The number of carbonyl (C=O) groups is 1. The fourth-order valence-electron chi connectivity index (χ4n) is 3.98. The number of hydrogen-bond acceptors (Lipinski definition) is 5. The molecule has 3 aromatic carbocycles. The van der Waals surface area contributed by atoms with Gasteiger partial charge in [0.05, 0.1) is 17.6 Å². The number of aromatic nitrogens is 2. The number of hydrogen-bond donors (Lipinski definition) is 1. The van der Waals surface area contributed by atoms with Crippen molar-refractivity contribution in [3.05, 3.63) is 83.9 Å². The van der Waals surface area contributed by atoms with Crippen molar-refractivity contribution in [3.8, 4) is 17.1 Å². The maximum Gasteiger partial charge on any atom is 0.242 e. The zero-order valence-corrected chi connectivity index (χ0v) is 17.6. The highest BCUT2D eigenvalue weighted by molar-refractivity contribution is 5.93. The SMILES string of the molecule is O=C1CN(c2nc(-c3ccccc3O)nc3ccc(F)cc23)CCN1Cc1ccc(F)cc1. The van der Waals surface area contributed by atoms with Crippen molar-refractivity contribution in [3.63, 3.8) is 0 Å². The lowest BCUT2D eigenvalue weighted by atomic mass is 10.1.